The molecular weight excluding hydrogens is 196 g/mol. The highest BCUT2D eigenvalue weighted by Gasteiger charge is 2.47. The molecule has 16 heavy (non-hydrogen) atoms. The molecule has 0 aliphatic heterocycles. The van der Waals surface area contributed by atoms with Gasteiger partial charge < -0.3 is 10.6 Å². The molecule has 1 aliphatic carbocycles. The standard InChI is InChI=1S/C14H22N2/c1-11(15)14(8-9-14)13-6-4-12(5-7-13)10-16(2)3/h4-7,11H,8-10,15H2,1-3H3. The van der Waals surface area contributed by atoms with Crippen molar-refractivity contribution < 1.29 is 0 Å². The van der Waals surface area contributed by atoms with Gasteiger partial charge in [-0.05, 0) is 45.0 Å². The van der Waals surface area contributed by atoms with Crippen LogP contribution in [0, 0.1) is 0 Å². The van der Waals surface area contributed by atoms with E-state index < -0.39 is 0 Å². The quantitative estimate of drug-likeness (QED) is 0.839. The van der Waals surface area contributed by atoms with E-state index in [-0.39, 0.29) is 11.5 Å². The Morgan fingerprint density at radius 2 is 1.81 bits per heavy atom. The molecule has 0 aromatic heterocycles. The van der Waals surface area contributed by atoms with Gasteiger partial charge in [0.15, 0.2) is 0 Å². The second-order valence-corrected chi connectivity index (χ2v) is 5.38. The van der Waals surface area contributed by atoms with Gasteiger partial charge in [-0.3, -0.25) is 0 Å². The van der Waals surface area contributed by atoms with Crippen LogP contribution in [-0.2, 0) is 12.0 Å². The molecule has 2 heteroatoms. The van der Waals surface area contributed by atoms with Crippen molar-refractivity contribution in [3.05, 3.63) is 35.4 Å². The summed E-state index contributed by atoms with van der Waals surface area (Å²) in [4.78, 5) is 2.19. The molecule has 0 amide bonds. The first-order valence-corrected chi connectivity index (χ1v) is 6.04. The molecule has 1 aromatic carbocycles. The fourth-order valence-corrected chi connectivity index (χ4v) is 2.45. The van der Waals surface area contributed by atoms with Crippen molar-refractivity contribution in [2.45, 2.75) is 37.8 Å². The Morgan fingerprint density at radius 1 is 1.25 bits per heavy atom. The number of benzene rings is 1. The summed E-state index contributed by atoms with van der Waals surface area (Å²) >= 11 is 0. The largest absolute Gasteiger partial charge is 0.327 e. The zero-order valence-corrected chi connectivity index (χ0v) is 10.5. The number of hydrogen-bond donors (Lipinski definition) is 1. The summed E-state index contributed by atoms with van der Waals surface area (Å²) in [6.45, 7) is 3.13. The van der Waals surface area contributed by atoms with Crippen molar-refractivity contribution in [3.8, 4) is 0 Å². The summed E-state index contributed by atoms with van der Waals surface area (Å²) < 4.78 is 0. The number of nitrogens with zero attached hydrogens (tertiary/aromatic N) is 1. The van der Waals surface area contributed by atoms with Crippen LogP contribution in [0.4, 0.5) is 0 Å². The molecule has 0 spiro atoms. The SMILES string of the molecule is CC(N)C1(c2ccc(CN(C)C)cc2)CC1. The second-order valence-electron chi connectivity index (χ2n) is 5.38. The first kappa shape index (κ1) is 11.6. The Labute approximate surface area is 98.4 Å². The lowest BCUT2D eigenvalue weighted by atomic mass is 9.89. The smallest absolute Gasteiger partial charge is 0.0227 e. The lowest BCUT2D eigenvalue weighted by Gasteiger charge is -2.20. The summed E-state index contributed by atoms with van der Waals surface area (Å²) in [5.41, 5.74) is 9.15. The van der Waals surface area contributed by atoms with Crippen LogP contribution < -0.4 is 5.73 Å². The van der Waals surface area contributed by atoms with E-state index in [2.05, 4.69) is 50.2 Å². The first-order valence-electron chi connectivity index (χ1n) is 6.04. The van der Waals surface area contributed by atoms with Crippen LogP contribution in [0.2, 0.25) is 0 Å². The summed E-state index contributed by atoms with van der Waals surface area (Å²) in [5.74, 6) is 0. The number of hydrogen-bond acceptors (Lipinski definition) is 2. The Balaban J connectivity index is 2.14. The molecule has 1 aromatic rings. The zero-order valence-electron chi connectivity index (χ0n) is 10.5. The van der Waals surface area contributed by atoms with E-state index in [0.717, 1.165) is 6.54 Å². The van der Waals surface area contributed by atoms with E-state index in [4.69, 9.17) is 5.73 Å². The van der Waals surface area contributed by atoms with Crippen LogP contribution in [0.15, 0.2) is 24.3 Å². The molecular formula is C14H22N2. The molecule has 88 valence electrons. The molecule has 2 nitrogen and oxygen atoms in total. The van der Waals surface area contributed by atoms with Crippen LogP contribution in [0.1, 0.15) is 30.9 Å². The minimum absolute atomic E-state index is 0.271. The van der Waals surface area contributed by atoms with Crippen LogP contribution in [0.3, 0.4) is 0 Å². The highest BCUT2D eigenvalue weighted by Crippen LogP contribution is 2.50. The molecule has 1 aliphatic rings. The highest BCUT2D eigenvalue weighted by atomic mass is 15.0. The normalized spacial score (nSPS) is 19.8. The zero-order chi connectivity index (χ0) is 11.8. The number of nitrogens with two attached hydrogens (primary N) is 1. The van der Waals surface area contributed by atoms with E-state index in [1.54, 1.807) is 0 Å². The Hall–Kier alpha value is -0.860. The van der Waals surface area contributed by atoms with Gasteiger partial charge in [-0.2, -0.15) is 0 Å². The predicted molar refractivity (Wildman–Crippen MR) is 68.4 cm³/mol. The third kappa shape index (κ3) is 2.13. The fraction of sp³-hybridized carbons (Fsp3) is 0.571. The third-order valence-electron chi connectivity index (χ3n) is 3.69. The van der Waals surface area contributed by atoms with Gasteiger partial charge in [0.05, 0.1) is 0 Å². The van der Waals surface area contributed by atoms with Gasteiger partial charge in [0, 0.05) is 18.0 Å². The molecule has 0 heterocycles. The maximum atomic E-state index is 6.08. The summed E-state index contributed by atoms with van der Waals surface area (Å²) in [6.07, 6.45) is 2.50. The molecule has 2 rings (SSSR count). The monoisotopic (exact) mass is 218 g/mol. The van der Waals surface area contributed by atoms with Crippen LogP contribution >= 0.6 is 0 Å². The molecule has 1 unspecified atom stereocenters. The van der Waals surface area contributed by atoms with Gasteiger partial charge >= 0.3 is 0 Å². The van der Waals surface area contributed by atoms with Crippen molar-refractivity contribution in [2.75, 3.05) is 14.1 Å². The van der Waals surface area contributed by atoms with E-state index in [1.807, 2.05) is 0 Å². The van der Waals surface area contributed by atoms with E-state index in [0.29, 0.717) is 0 Å². The highest BCUT2D eigenvalue weighted by molar-refractivity contribution is 5.35. The first-order chi connectivity index (χ1) is 7.54. The van der Waals surface area contributed by atoms with E-state index >= 15 is 0 Å². The topological polar surface area (TPSA) is 29.3 Å². The Bertz CT molecular complexity index is 348. The molecule has 1 atom stereocenters. The minimum Gasteiger partial charge on any atom is -0.327 e. The van der Waals surface area contributed by atoms with Crippen molar-refractivity contribution in [1.29, 1.82) is 0 Å². The van der Waals surface area contributed by atoms with Crippen molar-refractivity contribution in [1.82, 2.24) is 4.90 Å². The van der Waals surface area contributed by atoms with Gasteiger partial charge in [-0.1, -0.05) is 24.3 Å². The molecule has 2 N–H and O–H groups in total. The molecule has 0 bridgehead atoms. The summed E-state index contributed by atoms with van der Waals surface area (Å²) in [7, 11) is 4.19. The van der Waals surface area contributed by atoms with Crippen LogP contribution in [-0.4, -0.2) is 25.0 Å². The maximum absolute atomic E-state index is 6.08. The van der Waals surface area contributed by atoms with Crippen molar-refractivity contribution >= 4 is 0 Å². The van der Waals surface area contributed by atoms with E-state index in [1.165, 1.54) is 24.0 Å². The van der Waals surface area contributed by atoms with Crippen LogP contribution in [0.5, 0.6) is 0 Å². The predicted octanol–water partition coefficient (Wildman–Crippen LogP) is 2.13. The average Bonchev–Trinajstić information content (AvgIpc) is 2.98. The molecule has 1 fully saturated rings. The van der Waals surface area contributed by atoms with Crippen molar-refractivity contribution in [3.63, 3.8) is 0 Å². The van der Waals surface area contributed by atoms with Crippen molar-refractivity contribution in [2.24, 2.45) is 5.73 Å². The van der Waals surface area contributed by atoms with Gasteiger partial charge in [-0.15, -0.1) is 0 Å². The second kappa shape index (κ2) is 4.19. The maximum Gasteiger partial charge on any atom is 0.0227 e. The third-order valence-corrected chi connectivity index (χ3v) is 3.69. The minimum atomic E-state index is 0.271. The van der Waals surface area contributed by atoms with Gasteiger partial charge in [0.2, 0.25) is 0 Å². The number of rotatable bonds is 4. The van der Waals surface area contributed by atoms with Crippen LogP contribution in [0.25, 0.3) is 0 Å². The molecule has 1 saturated carbocycles. The van der Waals surface area contributed by atoms with Gasteiger partial charge in [0.25, 0.3) is 0 Å². The summed E-state index contributed by atoms with van der Waals surface area (Å²) in [5, 5.41) is 0. The Morgan fingerprint density at radius 3 is 2.19 bits per heavy atom. The average molecular weight is 218 g/mol. The fourth-order valence-electron chi connectivity index (χ4n) is 2.45. The van der Waals surface area contributed by atoms with Gasteiger partial charge in [-0.25, -0.2) is 0 Å². The molecule has 0 radical (unpaired) electrons. The van der Waals surface area contributed by atoms with Gasteiger partial charge in [0.1, 0.15) is 0 Å². The Kier molecular flexibility index (Phi) is 3.04. The molecule has 0 saturated heterocycles. The lowest BCUT2D eigenvalue weighted by molar-refractivity contribution is 0.402. The lowest BCUT2D eigenvalue weighted by Crippen LogP contribution is -2.31. The van der Waals surface area contributed by atoms with E-state index in [9.17, 15) is 0 Å². The summed E-state index contributed by atoms with van der Waals surface area (Å²) in [6, 6.07) is 9.26.